The van der Waals surface area contributed by atoms with Crippen LogP contribution in [-0.4, -0.2) is 16.3 Å². The molecule has 3 rings (SSSR count). The summed E-state index contributed by atoms with van der Waals surface area (Å²) in [5.74, 6) is 0. The minimum atomic E-state index is -4.55. The zero-order valence-corrected chi connectivity index (χ0v) is 15.6. The van der Waals surface area contributed by atoms with E-state index >= 15 is 0 Å². The smallest absolute Gasteiger partial charge is 0.372 e. The lowest BCUT2D eigenvalue weighted by atomic mass is 9.94. The van der Waals surface area contributed by atoms with Gasteiger partial charge in [0.2, 0.25) is 0 Å². The van der Waals surface area contributed by atoms with E-state index in [9.17, 15) is 26.3 Å². The molecule has 2 unspecified atom stereocenters. The molecular weight excluding hydrogens is 404 g/mol. The molecule has 28 heavy (non-hydrogen) atoms. The van der Waals surface area contributed by atoms with Gasteiger partial charge in [0.25, 0.3) is 0 Å². The highest BCUT2D eigenvalue weighted by molar-refractivity contribution is 8.00. The molecule has 2 heterocycles. The lowest BCUT2D eigenvalue weighted by molar-refractivity contribution is -0.141. The van der Waals surface area contributed by atoms with Gasteiger partial charge in [-0.1, -0.05) is 12.1 Å². The van der Waals surface area contributed by atoms with Gasteiger partial charge >= 0.3 is 12.4 Å². The Hall–Kier alpha value is -1.74. The average Bonchev–Trinajstić information content (AvgIpc) is 2.60. The second kappa shape index (κ2) is 7.59. The second-order valence-electron chi connectivity index (χ2n) is 6.84. The van der Waals surface area contributed by atoms with Crippen molar-refractivity contribution in [3.63, 3.8) is 0 Å². The Bertz CT molecular complexity index is 838. The molecule has 0 N–H and O–H groups in total. The molecule has 152 valence electrons. The first kappa shape index (κ1) is 21.0. The van der Waals surface area contributed by atoms with Gasteiger partial charge in [-0.3, -0.25) is 0 Å². The first-order valence-electron chi connectivity index (χ1n) is 8.48. The fourth-order valence-corrected chi connectivity index (χ4v) is 4.38. The van der Waals surface area contributed by atoms with E-state index in [0.29, 0.717) is 17.7 Å². The highest BCUT2D eigenvalue weighted by Gasteiger charge is 2.38. The second-order valence-corrected chi connectivity index (χ2v) is 8.50. The van der Waals surface area contributed by atoms with Crippen molar-refractivity contribution in [2.24, 2.45) is 0 Å². The number of hydrogen-bond donors (Lipinski definition) is 0. The normalized spacial score (nSPS) is 23.6. The number of benzene rings is 1. The largest absolute Gasteiger partial charge is 0.433 e. The third kappa shape index (κ3) is 5.00. The summed E-state index contributed by atoms with van der Waals surface area (Å²) in [6, 6.07) is 8.68. The SMILES string of the molecule is CC1(Sc2cccc(C(F)(F)F)c2)CCOC(c2cccc(C(F)(F)F)n2)C1. The molecule has 0 saturated carbocycles. The Morgan fingerprint density at radius 2 is 1.75 bits per heavy atom. The van der Waals surface area contributed by atoms with Crippen LogP contribution in [-0.2, 0) is 17.1 Å². The van der Waals surface area contributed by atoms with Crippen LogP contribution >= 0.6 is 11.8 Å². The molecule has 0 aliphatic carbocycles. The summed E-state index contributed by atoms with van der Waals surface area (Å²) in [4.78, 5) is 4.13. The topological polar surface area (TPSA) is 22.1 Å². The van der Waals surface area contributed by atoms with Crippen LogP contribution in [0.25, 0.3) is 0 Å². The number of alkyl halides is 6. The number of hydrogen-bond acceptors (Lipinski definition) is 3. The van der Waals surface area contributed by atoms with Crippen LogP contribution in [0, 0.1) is 0 Å². The third-order valence-electron chi connectivity index (χ3n) is 4.48. The van der Waals surface area contributed by atoms with E-state index < -0.39 is 34.5 Å². The van der Waals surface area contributed by atoms with E-state index in [1.54, 1.807) is 6.07 Å². The Morgan fingerprint density at radius 1 is 1.04 bits per heavy atom. The monoisotopic (exact) mass is 421 g/mol. The summed E-state index contributed by atoms with van der Waals surface area (Å²) in [5, 5.41) is 0. The fourth-order valence-electron chi connectivity index (χ4n) is 3.06. The lowest BCUT2D eigenvalue weighted by Crippen LogP contribution is -2.32. The number of halogens is 6. The molecule has 9 heteroatoms. The highest BCUT2D eigenvalue weighted by atomic mass is 32.2. The van der Waals surface area contributed by atoms with E-state index in [-0.39, 0.29) is 12.3 Å². The van der Waals surface area contributed by atoms with Gasteiger partial charge in [-0.2, -0.15) is 26.3 Å². The van der Waals surface area contributed by atoms with E-state index in [4.69, 9.17) is 4.74 Å². The van der Waals surface area contributed by atoms with Gasteiger partial charge in [-0.15, -0.1) is 11.8 Å². The van der Waals surface area contributed by atoms with Crippen molar-refractivity contribution in [2.75, 3.05) is 6.61 Å². The molecule has 0 bridgehead atoms. The van der Waals surface area contributed by atoms with Crippen LogP contribution in [0.1, 0.15) is 42.8 Å². The van der Waals surface area contributed by atoms with Crippen LogP contribution in [0.2, 0.25) is 0 Å². The van der Waals surface area contributed by atoms with Gasteiger partial charge in [0.1, 0.15) is 11.8 Å². The molecule has 2 nitrogen and oxygen atoms in total. The zero-order valence-electron chi connectivity index (χ0n) is 14.8. The van der Waals surface area contributed by atoms with E-state index in [1.165, 1.54) is 30.0 Å². The summed E-state index contributed by atoms with van der Waals surface area (Å²) >= 11 is 1.28. The molecule has 0 amide bonds. The van der Waals surface area contributed by atoms with Gasteiger partial charge in [-0.05, 0) is 50.1 Å². The Balaban J connectivity index is 1.79. The summed E-state index contributed by atoms with van der Waals surface area (Å²) in [6.07, 6.45) is -8.75. The zero-order chi connectivity index (χ0) is 20.6. The first-order chi connectivity index (χ1) is 13.0. The van der Waals surface area contributed by atoms with E-state index in [2.05, 4.69) is 4.98 Å². The molecule has 1 aliphatic rings. The molecule has 1 aromatic heterocycles. The Morgan fingerprint density at radius 3 is 2.43 bits per heavy atom. The molecule has 1 saturated heterocycles. The van der Waals surface area contributed by atoms with E-state index in [0.717, 1.165) is 18.2 Å². The maximum Gasteiger partial charge on any atom is 0.433 e. The summed E-state index contributed by atoms with van der Waals surface area (Å²) < 4.78 is 82.6. The molecule has 2 atom stereocenters. The van der Waals surface area contributed by atoms with Crippen molar-refractivity contribution in [1.82, 2.24) is 4.98 Å². The van der Waals surface area contributed by atoms with Crippen molar-refractivity contribution in [1.29, 1.82) is 0 Å². The number of aromatic nitrogens is 1. The number of nitrogens with zero attached hydrogens (tertiary/aromatic N) is 1. The fraction of sp³-hybridized carbons (Fsp3) is 0.421. The van der Waals surface area contributed by atoms with Gasteiger partial charge in [0.05, 0.1) is 11.3 Å². The maximum atomic E-state index is 12.9. The predicted molar refractivity (Wildman–Crippen MR) is 92.9 cm³/mol. The van der Waals surface area contributed by atoms with Crippen LogP contribution in [0.3, 0.4) is 0 Å². The summed E-state index contributed by atoms with van der Waals surface area (Å²) in [6.45, 7) is 2.16. The van der Waals surface area contributed by atoms with Gasteiger partial charge in [0.15, 0.2) is 0 Å². The van der Waals surface area contributed by atoms with Gasteiger partial charge in [0, 0.05) is 16.2 Å². The molecule has 2 aromatic rings. The maximum absolute atomic E-state index is 12.9. The number of pyridine rings is 1. The molecule has 0 spiro atoms. The minimum Gasteiger partial charge on any atom is -0.372 e. The van der Waals surface area contributed by atoms with Crippen LogP contribution < -0.4 is 0 Å². The molecule has 1 fully saturated rings. The van der Waals surface area contributed by atoms with E-state index in [1.807, 2.05) is 6.92 Å². The molecular formula is C19H17F6NOS. The predicted octanol–water partition coefficient (Wildman–Crippen LogP) is 6.52. The first-order valence-corrected chi connectivity index (χ1v) is 9.30. The highest BCUT2D eigenvalue weighted by Crippen LogP contribution is 2.46. The Labute approximate surface area is 162 Å². The van der Waals surface area contributed by atoms with Crippen molar-refractivity contribution in [2.45, 2.75) is 47.9 Å². The number of thioether (sulfide) groups is 1. The van der Waals surface area contributed by atoms with Gasteiger partial charge < -0.3 is 4.74 Å². The molecule has 0 radical (unpaired) electrons. The van der Waals surface area contributed by atoms with Crippen molar-refractivity contribution in [3.05, 3.63) is 59.4 Å². The Kier molecular flexibility index (Phi) is 5.69. The molecule has 1 aromatic carbocycles. The standard InChI is InChI=1S/C19H17F6NOS/c1-17(28-13-5-2-4-12(10-13)18(20,21)22)8-9-27-15(11-17)14-6-3-7-16(26-14)19(23,24)25/h2-7,10,15H,8-9,11H2,1H3. The van der Waals surface area contributed by atoms with Crippen molar-refractivity contribution in [3.8, 4) is 0 Å². The van der Waals surface area contributed by atoms with Gasteiger partial charge in [-0.25, -0.2) is 4.98 Å². The summed E-state index contributed by atoms with van der Waals surface area (Å²) in [7, 11) is 0. The number of ether oxygens (including phenoxy) is 1. The lowest BCUT2D eigenvalue weighted by Gasteiger charge is -2.37. The van der Waals surface area contributed by atoms with Crippen LogP contribution in [0.5, 0.6) is 0 Å². The quantitative estimate of drug-likeness (QED) is 0.527. The average molecular weight is 421 g/mol. The minimum absolute atomic E-state index is 0.172. The van der Waals surface area contributed by atoms with Crippen molar-refractivity contribution < 1.29 is 31.1 Å². The van der Waals surface area contributed by atoms with Crippen molar-refractivity contribution >= 4 is 11.8 Å². The van der Waals surface area contributed by atoms with Crippen LogP contribution in [0.15, 0.2) is 47.4 Å². The summed E-state index contributed by atoms with van der Waals surface area (Å²) in [5.41, 5.74) is -1.55. The van der Waals surface area contributed by atoms with Crippen LogP contribution in [0.4, 0.5) is 26.3 Å². The third-order valence-corrected chi connectivity index (χ3v) is 5.84. The molecule has 1 aliphatic heterocycles. The number of rotatable bonds is 3.